The Kier molecular flexibility index (Phi) is 5.41. The summed E-state index contributed by atoms with van der Waals surface area (Å²) < 4.78 is 0. The van der Waals surface area contributed by atoms with E-state index in [0.29, 0.717) is 27.9 Å². The molecule has 27 heavy (non-hydrogen) atoms. The zero-order chi connectivity index (χ0) is 18.6. The number of nitrogens with zero attached hydrogens (tertiary/aromatic N) is 3. The van der Waals surface area contributed by atoms with Crippen molar-refractivity contribution in [2.75, 3.05) is 10.6 Å². The second kappa shape index (κ2) is 8.11. The molecule has 2 N–H and O–H groups in total. The van der Waals surface area contributed by atoms with Crippen molar-refractivity contribution in [3.63, 3.8) is 0 Å². The van der Waals surface area contributed by atoms with Crippen LogP contribution in [0.4, 0.5) is 17.5 Å². The molecule has 0 aliphatic heterocycles. The Labute approximate surface area is 168 Å². The van der Waals surface area contributed by atoms with Crippen LogP contribution in [-0.2, 0) is 0 Å². The molecule has 0 bridgehead atoms. The van der Waals surface area contributed by atoms with Crippen molar-refractivity contribution in [2.45, 2.75) is 31.7 Å². The Morgan fingerprint density at radius 1 is 0.963 bits per heavy atom. The molecule has 0 spiro atoms. The monoisotopic (exact) mass is 399 g/mol. The van der Waals surface area contributed by atoms with Crippen molar-refractivity contribution in [3.05, 3.63) is 58.8 Å². The molecule has 0 unspecified atom stereocenters. The molecule has 5 nitrogen and oxygen atoms in total. The Balaban J connectivity index is 1.67. The summed E-state index contributed by atoms with van der Waals surface area (Å²) in [4.78, 5) is 13.5. The van der Waals surface area contributed by atoms with Gasteiger partial charge in [-0.15, -0.1) is 0 Å². The number of pyridine rings is 1. The van der Waals surface area contributed by atoms with Gasteiger partial charge in [0, 0.05) is 35.8 Å². The van der Waals surface area contributed by atoms with Crippen LogP contribution in [0.15, 0.2) is 48.8 Å². The van der Waals surface area contributed by atoms with Crippen molar-refractivity contribution in [2.24, 2.45) is 0 Å². The fourth-order valence-corrected chi connectivity index (χ4v) is 3.51. The maximum Gasteiger partial charge on any atom is 0.225 e. The van der Waals surface area contributed by atoms with E-state index in [4.69, 9.17) is 28.2 Å². The van der Waals surface area contributed by atoms with Gasteiger partial charge in [-0.25, -0.2) is 4.98 Å². The Hall–Kier alpha value is -2.37. The lowest BCUT2D eigenvalue weighted by atomic mass is 10.2. The largest absolute Gasteiger partial charge is 0.351 e. The Bertz CT molecular complexity index is 927. The molecular formula is C20H19Cl2N5. The summed E-state index contributed by atoms with van der Waals surface area (Å²) in [7, 11) is 0. The lowest BCUT2D eigenvalue weighted by Crippen LogP contribution is -2.17. The van der Waals surface area contributed by atoms with Gasteiger partial charge in [-0.2, -0.15) is 4.98 Å². The van der Waals surface area contributed by atoms with Crippen LogP contribution in [0.5, 0.6) is 0 Å². The number of hydrogen-bond acceptors (Lipinski definition) is 5. The number of rotatable bonds is 5. The molecule has 1 fully saturated rings. The first-order valence-corrected chi connectivity index (χ1v) is 9.71. The zero-order valence-electron chi connectivity index (χ0n) is 14.6. The fraction of sp³-hybridized carbons (Fsp3) is 0.250. The highest BCUT2D eigenvalue weighted by atomic mass is 35.5. The van der Waals surface area contributed by atoms with E-state index < -0.39 is 0 Å². The first kappa shape index (κ1) is 18.0. The topological polar surface area (TPSA) is 62.7 Å². The van der Waals surface area contributed by atoms with Crippen molar-refractivity contribution in [1.29, 1.82) is 0 Å². The third kappa shape index (κ3) is 4.49. The summed E-state index contributed by atoms with van der Waals surface area (Å²) in [6, 6.07) is 11.6. The average Bonchev–Trinajstić information content (AvgIpc) is 3.18. The predicted molar refractivity (Wildman–Crippen MR) is 111 cm³/mol. The van der Waals surface area contributed by atoms with Gasteiger partial charge in [0.25, 0.3) is 0 Å². The van der Waals surface area contributed by atoms with E-state index in [-0.39, 0.29) is 0 Å². The number of halogens is 2. The molecule has 0 atom stereocenters. The van der Waals surface area contributed by atoms with Crippen LogP contribution in [0.1, 0.15) is 25.7 Å². The normalized spacial score (nSPS) is 14.3. The van der Waals surface area contributed by atoms with E-state index in [0.717, 1.165) is 29.8 Å². The second-order valence-corrected chi connectivity index (χ2v) is 7.40. The second-order valence-electron chi connectivity index (χ2n) is 6.58. The average molecular weight is 400 g/mol. The Morgan fingerprint density at radius 2 is 1.81 bits per heavy atom. The minimum atomic E-state index is 0.423. The fourth-order valence-electron chi connectivity index (χ4n) is 3.21. The molecular weight excluding hydrogens is 381 g/mol. The molecule has 1 aliphatic rings. The molecule has 2 heterocycles. The van der Waals surface area contributed by atoms with Crippen LogP contribution in [0.3, 0.4) is 0 Å². The van der Waals surface area contributed by atoms with Gasteiger partial charge in [0.1, 0.15) is 5.82 Å². The maximum absolute atomic E-state index is 6.13. The quantitative estimate of drug-likeness (QED) is 0.555. The summed E-state index contributed by atoms with van der Waals surface area (Å²) >= 11 is 12.1. The van der Waals surface area contributed by atoms with Crippen molar-refractivity contribution < 1.29 is 0 Å². The van der Waals surface area contributed by atoms with Gasteiger partial charge >= 0.3 is 0 Å². The summed E-state index contributed by atoms with van der Waals surface area (Å²) in [5, 5.41) is 7.77. The molecule has 1 aromatic carbocycles. The number of aromatic nitrogens is 3. The highest BCUT2D eigenvalue weighted by Crippen LogP contribution is 2.29. The van der Waals surface area contributed by atoms with Crippen LogP contribution in [-0.4, -0.2) is 21.0 Å². The molecule has 2 aromatic heterocycles. The first-order valence-electron chi connectivity index (χ1n) is 8.95. The highest BCUT2D eigenvalue weighted by Gasteiger charge is 2.17. The van der Waals surface area contributed by atoms with Crippen LogP contribution < -0.4 is 10.6 Å². The van der Waals surface area contributed by atoms with Crippen LogP contribution in [0.2, 0.25) is 10.0 Å². The van der Waals surface area contributed by atoms with E-state index in [1.165, 1.54) is 12.8 Å². The first-order chi connectivity index (χ1) is 13.2. The van der Waals surface area contributed by atoms with E-state index >= 15 is 0 Å². The van der Waals surface area contributed by atoms with Gasteiger partial charge in [-0.3, -0.25) is 4.98 Å². The molecule has 0 saturated heterocycles. The van der Waals surface area contributed by atoms with Crippen LogP contribution in [0.25, 0.3) is 11.3 Å². The molecule has 1 saturated carbocycles. The predicted octanol–water partition coefficient (Wildman–Crippen LogP) is 5.94. The van der Waals surface area contributed by atoms with Crippen LogP contribution in [0, 0.1) is 0 Å². The summed E-state index contributed by atoms with van der Waals surface area (Å²) in [5.74, 6) is 1.30. The summed E-state index contributed by atoms with van der Waals surface area (Å²) in [5.41, 5.74) is 2.56. The number of hydrogen-bond donors (Lipinski definition) is 2. The molecule has 1 aliphatic carbocycles. The van der Waals surface area contributed by atoms with E-state index in [2.05, 4.69) is 20.6 Å². The summed E-state index contributed by atoms with van der Waals surface area (Å²) in [6.07, 6.45) is 8.33. The third-order valence-corrected chi connectivity index (χ3v) is 5.30. The standard InChI is InChI=1S/C20H19Cl2N5/c21-16-8-7-15(10-17(16)22)24-19-11-18(13-4-3-9-23-12-13)26-20(27-19)25-14-5-1-2-6-14/h3-4,7-12,14H,1-2,5-6H2,(H2,24,25,26,27). The van der Waals surface area contributed by atoms with Gasteiger partial charge in [0.15, 0.2) is 0 Å². The lowest BCUT2D eigenvalue weighted by Gasteiger charge is -2.15. The molecule has 4 rings (SSSR count). The zero-order valence-corrected chi connectivity index (χ0v) is 16.1. The highest BCUT2D eigenvalue weighted by molar-refractivity contribution is 6.42. The molecule has 0 radical (unpaired) electrons. The van der Waals surface area contributed by atoms with Crippen LogP contribution >= 0.6 is 23.2 Å². The lowest BCUT2D eigenvalue weighted by molar-refractivity contribution is 0.744. The Morgan fingerprint density at radius 3 is 2.56 bits per heavy atom. The minimum absolute atomic E-state index is 0.423. The van der Waals surface area contributed by atoms with Gasteiger partial charge in [0.2, 0.25) is 5.95 Å². The van der Waals surface area contributed by atoms with E-state index in [1.54, 1.807) is 24.5 Å². The smallest absolute Gasteiger partial charge is 0.225 e. The molecule has 138 valence electrons. The molecule has 7 heteroatoms. The SMILES string of the molecule is Clc1ccc(Nc2cc(-c3cccnc3)nc(NC3CCCC3)n2)cc1Cl. The van der Waals surface area contributed by atoms with Gasteiger partial charge in [-0.05, 0) is 43.2 Å². The molecule has 0 amide bonds. The van der Waals surface area contributed by atoms with Gasteiger partial charge < -0.3 is 10.6 Å². The van der Waals surface area contributed by atoms with Crippen molar-refractivity contribution in [3.8, 4) is 11.3 Å². The number of nitrogens with one attached hydrogen (secondary N) is 2. The van der Waals surface area contributed by atoms with Crippen molar-refractivity contribution in [1.82, 2.24) is 15.0 Å². The van der Waals surface area contributed by atoms with E-state index in [1.807, 2.05) is 24.3 Å². The van der Waals surface area contributed by atoms with Crippen molar-refractivity contribution >= 4 is 40.7 Å². The molecule has 3 aromatic rings. The van der Waals surface area contributed by atoms with Gasteiger partial charge in [0.05, 0.1) is 15.7 Å². The van der Waals surface area contributed by atoms with E-state index in [9.17, 15) is 0 Å². The van der Waals surface area contributed by atoms with Gasteiger partial charge in [-0.1, -0.05) is 36.0 Å². The number of benzene rings is 1. The minimum Gasteiger partial charge on any atom is -0.351 e. The maximum atomic E-state index is 6.13. The third-order valence-electron chi connectivity index (χ3n) is 4.56. The summed E-state index contributed by atoms with van der Waals surface area (Å²) in [6.45, 7) is 0. The number of anilines is 3.